The number of benzene rings is 1. The van der Waals surface area contributed by atoms with E-state index in [1.54, 1.807) is 7.11 Å². The first kappa shape index (κ1) is 21.5. The third-order valence-corrected chi connectivity index (χ3v) is 4.63. The minimum Gasteiger partial charge on any atom is -0.491 e. The lowest BCUT2D eigenvalue weighted by Gasteiger charge is -2.34. The first-order valence-corrected chi connectivity index (χ1v) is 10.1. The van der Waals surface area contributed by atoms with E-state index < -0.39 is 0 Å². The Bertz CT molecular complexity index is 557. The topological polar surface area (TPSA) is 55.3 Å². The van der Waals surface area contributed by atoms with E-state index in [2.05, 4.69) is 30.1 Å². The number of ether oxygens (including phenoxy) is 3. The van der Waals surface area contributed by atoms with Crippen LogP contribution in [0.3, 0.4) is 0 Å². The molecule has 2 rings (SSSR count). The average Bonchev–Trinajstić information content (AvgIpc) is 2.69. The molecule has 1 saturated heterocycles. The van der Waals surface area contributed by atoms with Gasteiger partial charge in [-0.3, -0.25) is 0 Å². The highest BCUT2D eigenvalue weighted by atomic mass is 16.5. The van der Waals surface area contributed by atoms with Crippen LogP contribution in [0.1, 0.15) is 31.7 Å². The first-order chi connectivity index (χ1) is 13.2. The second-order valence-corrected chi connectivity index (χ2v) is 6.75. The van der Waals surface area contributed by atoms with Gasteiger partial charge in [0.15, 0.2) is 5.96 Å². The fraction of sp³-hybridized carbons (Fsp3) is 0.667. The maximum atomic E-state index is 5.94. The predicted molar refractivity (Wildman–Crippen MR) is 110 cm³/mol. The van der Waals surface area contributed by atoms with Crippen LogP contribution in [0.25, 0.3) is 0 Å². The van der Waals surface area contributed by atoms with Crippen molar-refractivity contribution in [3.05, 3.63) is 29.8 Å². The summed E-state index contributed by atoms with van der Waals surface area (Å²) >= 11 is 0. The number of rotatable bonds is 10. The summed E-state index contributed by atoms with van der Waals surface area (Å²) < 4.78 is 16.9. The zero-order chi connectivity index (χ0) is 19.3. The van der Waals surface area contributed by atoms with Gasteiger partial charge in [0.2, 0.25) is 0 Å². The fourth-order valence-corrected chi connectivity index (χ4v) is 3.14. The molecule has 1 aliphatic heterocycles. The zero-order valence-corrected chi connectivity index (χ0v) is 17.1. The van der Waals surface area contributed by atoms with Gasteiger partial charge < -0.3 is 24.4 Å². The standard InChI is InChI=1S/C21H35N3O3/c1-4-22-21(23-12-17-27-20-9-6-5-8-18(20)2)24-13-10-19(11-14-24)26-16-7-15-25-3/h5-6,8-9,19H,4,7,10-17H2,1-3H3,(H,22,23). The van der Waals surface area contributed by atoms with Gasteiger partial charge >= 0.3 is 0 Å². The van der Waals surface area contributed by atoms with Crippen LogP contribution in [-0.2, 0) is 9.47 Å². The number of piperidine rings is 1. The van der Waals surface area contributed by atoms with Crippen molar-refractivity contribution < 1.29 is 14.2 Å². The van der Waals surface area contributed by atoms with Crippen molar-refractivity contribution in [3.8, 4) is 5.75 Å². The number of nitrogens with one attached hydrogen (secondary N) is 1. The lowest BCUT2D eigenvalue weighted by molar-refractivity contribution is 0.00990. The molecule has 1 aromatic rings. The maximum Gasteiger partial charge on any atom is 0.194 e. The van der Waals surface area contributed by atoms with Gasteiger partial charge in [0.25, 0.3) is 0 Å². The van der Waals surface area contributed by atoms with E-state index in [0.717, 1.165) is 69.4 Å². The summed E-state index contributed by atoms with van der Waals surface area (Å²) in [7, 11) is 1.73. The summed E-state index contributed by atoms with van der Waals surface area (Å²) in [5, 5.41) is 3.40. The molecule has 6 nitrogen and oxygen atoms in total. The van der Waals surface area contributed by atoms with Gasteiger partial charge in [-0.1, -0.05) is 18.2 Å². The summed E-state index contributed by atoms with van der Waals surface area (Å²) in [6.07, 6.45) is 3.39. The smallest absolute Gasteiger partial charge is 0.194 e. The number of para-hydroxylation sites is 1. The lowest BCUT2D eigenvalue weighted by Crippen LogP contribution is -2.47. The molecule has 0 aromatic heterocycles. The van der Waals surface area contributed by atoms with Crippen LogP contribution in [0.15, 0.2) is 29.3 Å². The molecule has 0 atom stereocenters. The molecule has 1 N–H and O–H groups in total. The zero-order valence-electron chi connectivity index (χ0n) is 17.1. The molecule has 6 heteroatoms. The number of likely N-dealkylation sites (tertiary alicyclic amines) is 1. The number of aryl methyl sites for hydroxylation is 1. The Hall–Kier alpha value is -1.79. The van der Waals surface area contributed by atoms with Gasteiger partial charge in [-0.25, -0.2) is 4.99 Å². The number of nitrogens with zero attached hydrogens (tertiary/aromatic N) is 2. The number of hydrogen-bond donors (Lipinski definition) is 1. The van der Waals surface area contributed by atoms with E-state index in [4.69, 9.17) is 19.2 Å². The van der Waals surface area contributed by atoms with Crippen LogP contribution in [-0.4, -0.2) is 70.1 Å². The molecule has 1 heterocycles. The van der Waals surface area contributed by atoms with Crippen LogP contribution < -0.4 is 10.1 Å². The van der Waals surface area contributed by atoms with Gasteiger partial charge in [-0.15, -0.1) is 0 Å². The summed E-state index contributed by atoms with van der Waals surface area (Å²) in [6.45, 7) is 9.74. The Kier molecular flexibility index (Phi) is 10.0. The largest absolute Gasteiger partial charge is 0.491 e. The Labute approximate surface area is 163 Å². The Balaban J connectivity index is 1.74. The highest BCUT2D eigenvalue weighted by Crippen LogP contribution is 2.16. The number of methoxy groups -OCH3 is 1. The number of hydrogen-bond acceptors (Lipinski definition) is 4. The van der Waals surface area contributed by atoms with Crippen LogP contribution in [0, 0.1) is 6.92 Å². The minimum atomic E-state index is 0.352. The van der Waals surface area contributed by atoms with E-state index in [-0.39, 0.29) is 0 Å². The summed E-state index contributed by atoms with van der Waals surface area (Å²) in [5.74, 6) is 1.91. The van der Waals surface area contributed by atoms with Crippen LogP contribution in [0.5, 0.6) is 5.75 Å². The van der Waals surface area contributed by atoms with Crippen molar-refractivity contribution in [1.82, 2.24) is 10.2 Å². The molecular formula is C21H35N3O3. The quantitative estimate of drug-likeness (QED) is 0.386. The van der Waals surface area contributed by atoms with Gasteiger partial charge in [-0.2, -0.15) is 0 Å². The van der Waals surface area contributed by atoms with Crippen LogP contribution in [0.2, 0.25) is 0 Å². The van der Waals surface area contributed by atoms with E-state index in [1.807, 2.05) is 18.2 Å². The molecule has 1 aromatic carbocycles. The molecule has 152 valence electrons. The van der Waals surface area contributed by atoms with Crippen molar-refractivity contribution in [2.24, 2.45) is 4.99 Å². The molecule has 0 radical (unpaired) electrons. The second kappa shape index (κ2) is 12.6. The Morgan fingerprint density at radius 3 is 2.67 bits per heavy atom. The molecule has 0 spiro atoms. The Morgan fingerprint density at radius 2 is 1.96 bits per heavy atom. The molecule has 1 aliphatic rings. The van der Waals surface area contributed by atoms with E-state index in [1.165, 1.54) is 0 Å². The van der Waals surface area contributed by atoms with Gasteiger partial charge in [-0.05, 0) is 44.7 Å². The molecule has 1 fully saturated rings. The van der Waals surface area contributed by atoms with Crippen molar-refractivity contribution in [1.29, 1.82) is 0 Å². The third kappa shape index (κ3) is 7.77. The van der Waals surface area contributed by atoms with Crippen molar-refractivity contribution >= 4 is 5.96 Å². The predicted octanol–water partition coefficient (Wildman–Crippen LogP) is 2.86. The van der Waals surface area contributed by atoms with Crippen molar-refractivity contribution in [3.63, 3.8) is 0 Å². The lowest BCUT2D eigenvalue weighted by atomic mass is 10.1. The molecule has 0 aliphatic carbocycles. The van der Waals surface area contributed by atoms with Gasteiger partial charge in [0, 0.05) is 40.0 Å². The Morgan fingerprint density at radius 1 is 1.19 bits per heavy atom. The second-order valence-electron chi connectivity index (χ2n) is 6.75. The highest BCUT2D eigenvalue weighted by molar-refractivity contribution is 5.80. The average molecular weight is 378 g/mol. The van der Waals surface area contributed by atoms with E-state index in [0.29, 0.717) is 19.3 Å². The normalized spacial score (nSPS) is 15.8. The molecule has 0 bridgehead atoms. The van der Waals surface area contributed by atoms with Crippen molar-refractivity contribution in [2.45, 2.75) is 39.2 Å². The molecule has 0 unspecified atom stereocenters. The van der Waals surface area contributed by atoms with E-state index in [9.17, 15) is 0 Å². The molecule has 27 heavy (non-hydrogen) atoms. The molecule has 0 saturated carbocycles. The highest BCUT2D eigenvalue weighted by Gasteiger charge is 2.21. The minimum absolute atomic E-state index is 0.352. The van der Waals surface area contributed by atoms with E-state index >= 15 is 0 Å². The summed E-state index contributed by atoms with van der Waals surface area (Å²) in [4.78, 5) is 7.07. The number of guanidine groups is 1. The van der Waals surface area contributed by atoms with Crippen LogP contribution >= 0.6 is 0 Å². The van der Waals surface area contributed by atoms with Gasteiger partial charge in [0.1, 0.15) is 12.4 Å². The number of aliphatic imine (C=N–C) groups is 1. The fourth-order valence-electron chi connectivity index (χ4n) is 3.14. The molecular weight excluding hydrogens is 342 g/mol. The maximum absolute atomic E-state index is 5.94. The monoisotopic (exact) mass is 377 g/mol. The van der Waals surface area contributed by atoms with Crippen molar-refractivity contribution in [2.75, 3.05) is 53.1 Å². The SMILES string of the molecule is CCNC(=NCCOc1ccccc1C)N1CCC(OCCCOC)CC1. The third-order valence-electron chi connectivity index (χ3n) is 4.63. The summed E-state index contributed by atoms with van der Waals surface area (Å²) in [5.41, 5.74) is 1.15. The first-order valence-electron chi connectivity index (χ1n) is 10.1. The van der Waals surface area contributed by atoms with Gasteiger partial charge in [0.05, 0.1) is 12.6 Å². The van der Waals surface area contributed by atoms with Crippen LogP contribution in [0.4, 0.5) is 0 Å². The molecule has 0 amide bonds. The summed E-state index contributed by atoms with van der Waals surface area (Å²) in [6, 6.07) is 8.08.